The molecule has 0 aromatic rings. The van der Waals surface area contributed by atoms with Crippen molar-refractivity contribution >= 4 is 17.7 Å². The van der Waals surface area contributed by atoms with E-state index in [0.29, 0.717) is 0 Å². The molecule has 4 fully saturated rings. The number of hydrogen-bond donors (Lipinski definition) is 15. The smallest absolute Gasteiger partial charge is 0.217 e. The van der Waals surface area contributed by atoms with Gasteiger partial charge in [-0.15, -0.1) is 0 Å². The van der Waals surface area contributed by atoms with E-state index in [9.17, 15) is 70.6 Å². The van der Waals surface area contributed by atoms with E-state index >= 15 is 0 Å². The van der Waals surface area contributed by atoms with Gasteiger partial charge in [0, 0.05) is 20.8 Å². The highest BCUT2D eigenvalue weighted by Crippen LogP contribution is 2.35. The summed E-state index contributed by atoms with van der Waals surface area (Å²) in [4.78, 5) is 37.4. The minimum absolute atomic E-state index is 0.517. The lowest BCUT2D eigenvalue weighted by molar-refractivity contribution is -0.360. The summed E-state index contributed by atoms with van der Waals surface area (Å²) in [6.07, 6.45) is -28.1. The number of aliphatic hydroxyl groups is 11. The predicted molar refractivity (Wildman–Crippen MR) is 187 cm³/mol. The molecule has 16 N–H and O–H groups in total. The van der Waals surface area contributed by atoms with Crippen LogP contribution in [-0.2, 0) is 52.3 Å². The van der Waals surface area contributed by atoms with Gasteiger partial charge in [0.15, 0.2) is 25.2 Å². The summed E-state index contributed by atoms with van der Waals surface area (Å²) in [6, 6.07) is -6.14. The Bertz CT molecular complexity index is 1360. The monoisotopic (exact) mass is 862 g/mol. The number of carbonyl (C=O) groups excluding carboxylic acids is 3. The van der Waals surface area contributed by atoms with Crippen LogP contribution in [0.2, 0.25) is 0 Å². The topological polar surface area (TPSA) is 410 Å². The molecule has 0 spiro atoms. The van der Waals surface area contributed by atoms with E-state index in [0.717, 1.165) is 20.8 Å². The van der Waals surface area contributed by atoms with Crippen LogP contribution in [0.1, 0.15) is 20.8 Å². The van der Waals surface area contributed by atoms with Crippen LogP contribution < -0.4 is 21.7 Å². The average molecular weight is 863 g/mol. The standard InChI is InChI=1S/C33H58N4O22/c1-10(43)35-19-26(51)27(17(8-42)56-31(19)52-9-13(46)4-38)57-32-21(37-12(3)45)29(24(49)16(7-41)54-32)59-33-20(36-11(2)44)28(23(48)15(6-40)55-33)58-30-18(34)25(50)22(47)14(5-39)53-30/h13-33,38-42,46-51H,4-9,34H2,1-3H3,(H,35,43)(H,36,44)(H,37,45)/t13?,14-,15-,16-,17-,18-,19-,20-,21-,22-,23-,24-,25-,26-,27-,28-,29-,30+,31-,32+,33+/m1/s1. The first kappa shape index (κ1) is 49.3. The Balaban J connectivity index is 1.69. The van der Waals surface area contributed by atoms with Crippen LogP contribution in [0.15, 0.2) is 0 Å². The molecule has 0 radical (unpaired) electrons. The molecule has 342 valence electrons. The lowest BCUT2D eigenvalue weighted by Gasteiger charge is -2.51. The van der Waals surface area contributed by atoms with Gasteiger partial charge in [-0.25, -0.2) is 0 Å². The number of nitrogens with two attached hydrogens (primary N) is 1. The quantitative estimate of drug-likeness (QED) is 0.0645. The van der Waals surface area contributed by atoms with Crippen LogP contribution in [0.3, 0.4) is 0 Å². The Morgan fingerprint density at radius 2 is 0.932 bits per heavy atom. The summed E-state index contributed by atoms with van der Waals surface area (Å²) in [5.74, 6) is -2.19. The third kappa shape index (κ3) is 11.8. The Morgan fingerprint density at radius 1 is 0.542 bits per heavy atom. The Hall–Kier alpha value is -2.39. The van der Waals surface area contributed by atoms with Crippen LogP contribution >= 0.6 is 0 Å². The Labute approximate surface area is 337 Å². The molecule has 4 aliphatic rings. The summed E-state index contributed by atoms with van der Waals surface area (Å²) in [5.41, 5.74) is 6.06. The zero-order valence-electron chi connectivity index (χ0n) is 32.4. The minimum atomic E-state index is -1.86. The molecule has 0 aromatic heterocycles. The van der Waals surface area contributed by atoms with E-state index in [1.807, 2.05) is 0 Å². The molecule has 59 heavy (non-hydrogen) atoms. The normalized spacial score (nSPS) is 43.4. The summed E-state index contributed by atoms with van der Waals surface area (Å²) in [5, 5.41) is 122. The lowest BCUT2D eigenvalue weighted by Crippen LogP contribution is -2.72. The molecule has 4 aliphatic heterocycles. The first-order chi connectivity index (χ1) is 27.9. The van der Waals surface area contributed by atoms with Crippen LogP contribution in [0.5, 0.6) is 0 Å². The maximum atomic E-state index is 12.7. The SMILES string of the molecule is CC(=O)N[C@H]1[C@H](OCC(O)CO)O[C@H](CO)[C@@H](O[C@@H]2O[C@H](CO)[C@@H](O)[C@H](O[C@@H]3O[C@H](CO)[C@@H](O)[C@H](O[C@@H]4O[C@H](CO)[C@@H](O)[C@H](O)[C@H]4N)[C@H]3NC(C)=O)[C@H]2NC(C)=O)[C@@H]1O. The van der Waals surface area contributed by atoms with Gasteiger partial charge in [0.1, 0.15) is 97.5 Å². The first-order valence-electron chi connectivity index (χ1n) is 18.8. The molecule has 21 atom stereocenters. The van der Waals surface area contributed by atoms with Crippen molar-refractivity contribution in [2.45, 2.75) is 149 Å². The van der Waals surface area contributed by atoms with Gasteiger partial charge in [-0.3, -0.25) is 14.4 Å². The van der Waals surface area contributed by atoms with Crippen molar-refractivity contribution in [3.8, 4) is 0 Å². The number of ether oxygens (including phenoxy) is 8. The molecule has 3 amide bonds. The molecule has 4 heterocycles. The Morgan fingerprint density at radius 3 is 1.37 bits per heavy atom. The third-order valence-corrected chi connectivity index (χ3v) is 10.1. The summed E-state index contributed by atoms with van der Waals surface area (Å²) >= 11 is 0. The van der Waals surface area contributed by atoms with Crippen LogP contribution in [0.25, 0.3) is 0 Å². The molecule has 0 aliphatic carbocycles. The van der Waals surface area contributed by atoms with Gasteiger partial charge in [0.05, 0.1) is 45.7 Å². The fraction of sp³-hybridized carbons (Fsp3) is 0.909. The molecule has 26 nitrogen and oxygen atoms in total. The molecule has 0 saturated carbocycles. The molecule has 0 bridgehead atoms. The van der Waals surface area contributed by atoms with E-state index in [1.54, 1.807) is 0 Å². The third-order valence-electron chi connectivity index (χ3n) is 10.1. The van der Waals surface area contributed by atoms with Gasteiger partial charge < -0.3 is 116 Å². The van der Waals surface area contributed by atoms with Crippen molar-refractivity contribution in [2.75, 3.05) is 39.6 Å². The maximum absolute atomic E-state index is 12.7. The number of aliphatic hydroxyl groups excluding tert-OH is 11. The molecule has 1 unspecified atom stereocenters. The highest BCUT2D eigenvalue weighted by Gasteiger charge is 2.56. The van der Waals surface area contributed by atoms with Crippen molar-refractivity contribution in [2.24, 2.45) is 5.73 Å². The number of nitrogens with one attached hydrogen (secondary N) is 3. The maximum Gasteiger partial charge on any atom is 0.217 e. The Kier molecular flexibility index (Phi) is 18.5. The number of carbonyl (C=O) groups is 3. The number of amides is 3. The minimum Gasteiger partial charge on any atom is -0.394 e. The van der Waals surface area contributed by atoms with Gasteiger partial charge >= 0.3 is 0 Å². The van der Waals surface area contributed by atoms with E-state index in [1.165, 1.54) is 0 Å². The van der Waals surface area contributed by atoms with Crippen molar-refractivity contribution in [1.82, 2.24) is 16.0 Å². The first-order valence-corrected chi connectivity index (χ1v) is 18.8. The van der Waals surface area contributed by atoms with Crippen LogP contribution in [0, 0.1) is 0 Å². The van der Waals surface area contributed by atoms with E-state index in [2.05, 4.69) is 16.0 Å². The summed E-state index contributed by atoms with van der Waals surface area (Å²) < 4.78 is 46.8. The largest absolute Gasteiger partial charge is 0.394 e. The van der Waals surface area contributed by atoms with Gasteiger partial charge in [0.25, 0.3) is 0 Å². The highest BCUT2D eigenvalue weighted by molar-refractivity contribution is 5.74. The summed E-state index contributed by atoms with van der Waals surface area (Å²) in [6.45, 7) is -1.42. The number of hydrogen-bond acceptors (Lipinski definition) is 23. The van der Waals surface area contributed by atoms with Crippen LogP contribution in [0.4, 0.5) is 0 Å². The second-order valence-electron chi connectivity index (χ2n) is 14.6. The zero-order chi connectivity index (χ0) is 43.9. The number of rotatable bonds is 17. The van der Waals surface area contributed by atoms with Crippen molar-refractivity contribution in [3.05, 3.63) is 0 Å². The highest BCUT2D eigenvalue weighted by atomic mass is 16.8. The molecular weight excluding hydrogens is 804 g/mol. The van der Waals surface area contributed by atoms with Gasteiger partial charge in [0.2, 0.25) is 17.7 Å². The van der Waals surface area contributed by atoms with Gasteiger partial charge in [-0.1, -0.05) is 0 Å². The fourth-order valence-electron chi connectivity index (χ4n) is 7.18. The molecule has 4 rings (SSSR count). The molecule has 26 heteroatoms. The second kappa shape index (κ2) is 22.1. The van der Waals surface area contributed by atoms with Crippen molar-refractivity contribution < 1.29 is 108 Å². The average Bonchev–Trinajstić information content (AvgIpc) is 3.19. The molecular formula is C33H58N4O22. The molecule has 0 aromatic carbocycles. The zero-order valence-corrected chi connectivity index (χ0v) is 32.4. The second-order valence-corrected chi connectivity index (χ2v) is 14.6. The van der Waals surface area contributed by atoms with Crippen molar-refractivity contribution in [3.63, 3.8) is 0 Å². The van der Waals surface area contributed by atoms with E-state index < -0.39 is 186 Å². The fourth-order valence-corrected chi connectivity index (χ4v) is 7.18. The molecule has 4 saturated heterocycles. The van der Waals surface area contributed by atoms with Crippen LogP contribution in [-0.4, -0.2) is 242 Å². The predicted octanol–water partition coefficient (Wildman–Crippen LogP) is -9.97. The van der Waals surface area contributed by atoms with E-state index in [-0.39, 0.29) is 0 Å². The summed E-state index contributed by atoms with van der Waals surface area (Å²) in [7, 11) is 0. The lowest BCUT2D eigenvalue weighted by atomic mass is 9.93. The van der Waals surface area contributed by atoms with E-state index in [4.69, 9.17) is 43.6 Å². The van der Waals surface area contributed by atoms with Gasteiger partial charge in [-0.2, -0.15) is 0 Å². The van der Waals surface area contributed by atoms with Gasteiger partial charge in [-0.05, 0) is 0 Å². The van der Waals surface area contributed by atoms with Crippen molar-refractivity contribution in [1.29, 1.82) is 0 Å².